The summed E-state index contributed by atoms with van der Waals surface area (Å²) in [5, 5.41) is 8.93. The smallest absolute Gasteiger partial charge is 0.413 e. The van der Waals surface area contributed by atoms with Crippen LogP contribution in [0, 0.1) is 17.6 Å². The molecule has 0 bridgehead atoms. The van der Waals surface area contributed by atoms with Gasteiger partial charge in [-0.2, -0.15) is 13.2 Å². The Labute approximate surface area is 305 Å². The van der Waals surface area contributed by atoms with Crippen LogP contribution in [0.15, 0.2) is 58.0 Å². The van der Waals surface area contributed by atoms with Gasteiger partial charge < -0.3 is 23.2 Å². The molecule has 2 aliphatic heterocycles. The molecule has 0 spiro atoms. The Morgan fingerprint density at radius 1 is 1.09 bits per heavy atom. The van der Waals surface area contributed by atoms with E-state index in [1.54, 1.807) is 10.8 Å². The van der Waals surface area contributed by atoms with Crippen LogP contribution < -0.4 is 16.0 Å². The molecule has 2 aromatic carbocycles. The number of H-pyrrole nitrogens is 1. The Morgan fingerprint density at radius 3 is 2.51 bits per heavy atom. The molecule has 2 N–H and O–H groups in total. The summed E-state index contributed by atoms with van der Waals surface area (Å²) in [6, 6.07) is 6.96. The van der Waals surface area contributed by atoms with Crippen LogP contribution in [0.5, 0.6) is 0 Å². The number of hydrogen-bond donors (Lipinski definition) is 2. The lowest BCUT2D eigenvalue weighted by molar-refractivity contribution is -0.137. The monoisotopic (exact) mass is 760 g/mol. The summed E-state index contributed by atoms with van der Waals surface area (Å²) in [5.41, 5.74) is 0.499. The van der Waals surface area contributed by atoms with Gasteiger partial charge in [0.25, 0.3) is 0 Å². The topological polar surface area (TPSA) is 122 Å². The summed E-state index contributed by atoms with van der Waals surface area (Å²) in [6.45, 7) is 10.6. The Hall–Kier alpha value is -4.35. The lowest BCUT2D eigenvalue weighted by atomic mass is 9.88. The van der Waals surface area contributed by atoms with Crippen LogP contribution >= 0.6 is 0 Å². The summed E-state index contributed by atoms with van der Waals surface area (Å²) in [5.74, 6) is -3.73. The van der Waals surface area contributed by atoms with E-state index in [1.807, 2.05) is 9.80 Å². The highest BCUT2D eigenvalue weighted by atomic mass is 28.3. The van der Waals surface area contributed by atoms with Gasteiger partial charge in [0, 0.05) is 75.3 Å². The molecule has 0 saturated carbocycles. The number of halogens is 5. The number of amides is 1. The van der Waals surface area contributed by atoms with Crippen LogP contribution in [0.4, 0.5) is 33.6 Å². The second-order valence-corrected chi connectivity index (χ2v) is 17.6. The van der Waals surface area contributed by atoms with Gasteiger partial charge in [-0.3, -0.25) is 10.1 Å². The van der Waals surface area contributed by atoms with E-state index >= 15 is 4.39 Å². The first-order valence-corrected chi connectivity index (χ1v) is 19.5. The molecule has 4 heterocycles. The third kappa shape index (κ3) is 9.24. The van der Waals surface area contributed by atoms with E-state index in [4.69, 9.17) is 8.84 Å². The van der Waals surface area contributed by atoms with E-state index in [-0.39, 0.29) is 54.6 Å². The van der Waals surface area contributed by atoms with E-state index in [9.17, 15) is 27.2 Å². The predicted molar refractivity (Wildman–Crippen MR) is 189 cm³/mol. The van der Waals surface area contributed by atoms with Gasteiger partial charge in [-0.1, -0.05) is 32.9 Å². The molecule has 0 aliphatic carbocycles. The van der Waals surface area contributed by atoms with Gasteiger partial charge in [-0.15, -0.1) is 5.10 Å². The summed E-state index contributed by atoms with van der Waals surface area (Å²) in [6.07, 6.45) is 0.250. The molecule has 11 nitrogen and oxygen atoms in total. The molecule has 53 heavy (non-hydrogen) atoms. The number of nitrogens with one attached hydrogen (secondary N) is 2. The zero-order valence-corrected chi connectivity index (χ0v) is 31.0. The number of benzene rings is 2. The van der Waals surface area contributed by atoms with Crippen LogP contribution in [0.1, 0.15) is 62.1 Å². The van der Waals surface area contributed by atoms with Gasteiger partial charge in [-0.05, 0) is 53.8 Å². The predicted octanol–water partition coefficient (Wildman–Crippen LogP) is 6.21. The normalized spacial score (nSPS) is 19.0. The zero-order valence-electron chi connectivity index (χ0n) is 30.0. The Balaban J connectivity index is 1.20. The minimum atomic E-state index is -4.53. The van der Waals surface area contributed by atoms with E-state index < -0.39 is 55.9 Å². The SMILES string of the molecule is C[Si](OC1CCN(c2cc(C(F)(F)F)ccc2Cn2ccnc2NC(=O)[C@@H]2CN(CCc3n[nH]c(=O)o3)C[C@H]2c2ccc(F)cc2F)CC1)C(C)(C)C. The third-order valence-electron chi connectivity index (χ3n) is 10.1. The minimum Gasteiger partial charge on any atom is -0.413 e. The average molecular weight is 761 g/mol. The molecule has 1 radical (unpaired) electrons. The molecule has 2 fully saturated rings. The molecule has 285 valence electrons. The Kier molecular flexibility index (Phi) is 11.3. The second-order valence-electron chi connectivity index (χ2n) is 14.7. The summed E-state index contributed by atoms with van der Waals surface area (Å²) in [7, 11) is -1.08. The van der Waals surface area contributed by atoms with E-state index in [0.29, 0.717) is 43.7 Å². The van der Waals surface area contributed by atoms with Crippen LogP contribution in [0.3, 0.4) is 0 Å². The molecule has 2 atom stereocenters. The first-order chi connectivity index (χ1) is 25.0. The molecule has 2 aliphatic rings. The lowest BCUT2D eigenvalue weighted by Gasteiger charge is -2.37. The fraction of sp³-hybridized carbons (Fsp3) is 0.500. The number of alkyl halides is 3. The molecule has 6 rings (SSSR count). The largest absolute Gasteiger partial charge is 0.434 e. The molecular weight excluding hydrogens is 718 g/mol. The standard InChI is InChI=1S/C36H43F5N7O4Si/c1-35(2,3)53(4)52-25-9-14-47(15-10-25)30-17-23(36(39,40)41)6-5-22(30)19-48-16-12-42-33(48)43-32(49)28-21-46(13-11-31-44-45-34(50)51-31)20-27(28)26-8-7-24(37)18-29(26)38/h5-8,12,16-18,25,27-28H,9-11,13-15,19-21H2,1-4H3,(H,45,50)(H,42,43,49)/t27-,28+/m0/s1. The Morgan fingerprint density at radius 2 is 1.85 bits per heavy atom. The molecule has 2 saturated heterocycles. The van der Waals surface area contributed by atoms with Crippen molar-refractivity contribution in [1.82, 2.24) is 24.6 Å². The third-order valence-corrected chi connectivity index (χ3v) is 12.9. The number of carbonyl (C=O) groups excluding carboxylic acids is 1. The van der Waals surface area contributed by atoms with Crippen molar-refractivity contribution in [3.05, 3.63) is 93.6 Å². The first kappa shape index (κ1) is 38.4. The van der Waals surface area contributed by atoms with Gasteiger partial charge in [0.05, 0.1) is 18.0 Å². The van der Waals surface area contributed by atoms with Crippen LogP contribution in [0.25, 0.3) is 0 Å². The number of likely N-dealkylation sites (tertiary alicyclic amines) is 1. The summed E-state index contributed by atoms with van der Waals surface area (Å²) >= 11 is 0. The van der Waals surface area contributed by atoms with Gasteiger partial charge in [0.15, 0.2) is 0 Å². The molecule has 17 heteroatoms. The quantitative estimate of drug-likeness (QED) is 0.137. The Bertz CT molecular complexity index is 1950. The maximum Gasteiger partial charge on any atom is 0.434 e. The van der Waals surface area contributed by atoms with E-state index in [1.165, 1.54) is 24.4 Å². The van der Waals surface area contributed by atoms with Crippen LogP contribution in [-0.2, 0) is 28.4 Å². The fourth-order valence-corrected chi connectivity index (χ4v) is 7.92. The lowest BCUT2D eigenvalue weighted by Crippen LogP contribution is -2.41. The number of anilines is 2. The number of carbonyl (C=O) groups is 1. The van der Waals surface area contributed by atoms with Gasteiger partial charge in [0.2, 0.25) is 26.8 Å². The fourth-order valence-electron chi connectivity index (χ4n) is 6.83. The minimum absolute atomic E-state index is 0.0406. The number of hydrogen-bond acceptors (Lipinski definition) is 8. The van der Waals surface area contributed by atoms with Crippen molar-refractivity contribution < 1.29 is 35.6 Å². The highest BCUT2D eigenvalue weighted by Gasteiger charge is 2.40. The van der Waals surface area contributed by atoms with Gasteiger partial charge in [-0.25, -0.2) is 23.7 Å². The molecule has 2 aromatic heterocycles. The van der Waals surface area contributed by atoms with Crippen LogP contribution in [0.2, 0.25) is 11.6 Å². The molecule has 1 amide bonds. The highest BCUT2D eigenvalue weighted by molar-refractivity contribution is 6.53. The van der Waals surface area contributed by atoms with Crippen molar-refractivity contribution in [3.8, 4) is 0 Å². The number of rotatable bonds is 11. The highest BCUT2D eigenvalue weighted by Crippen LogP contribution is 2.38. The number of aromatic nitrogens is 4. The number of imidazole rings is 1. The van der Waals surface area contributed by atoms with Crippen LogP contribution in [-0.4, -0.2) is 78.4 Å². The molecule has 4 aromatic rings. The number of piperidine rings is 1. The van der Waals surface area contributed by atoms with E-state index in [2.05, 4.69) is 47.8 Å². The zero-order chi connectivity index (χ0) is 38.1. The molecule has 0 unspecified atom stereocenters. The maximum absolute atomic E-state index is 15.1. The maximum atomic E-state index is 15.1. The number of nitrogens with zero attached hydrogens (tertiary/aromatic N) is 5. The second kappa shape index (κ2) is 15.6. The van der Waals surface area contributed by atoms with Crippen molar-refractivity contribution in [2.24, 2.45) is 5.92 Å². The van der Waals surface area contributed by atoms with E-state index in [0.717, 1.165) is 18.2 Å². The van der Waals surface area contributed by atoms with Crippen molar-refractivity contribution in [2.45, 2.75) is 76.4 Å². The first-order valence-electron chi connectivity index (χ1n) is 17.5. The summed E-state index contributed by atoms with van der Waals surface area (Å²) in [4.78, 5) is 33.5. The van der Waals surface area contributed by atoms with Crippen molar-refractivity contribution in [2.75, 3.05) is 42.9 Å². The van der Waals surface area contributed by atoms with Gasteiger partial charge in [0.1, 0.15) is 11.6 Å². The molecular formula is C36H43F5N7O4Si. The number of aromatic amines is 1. The van der Waals surface area contributed by atoms with Crippen molar-refractivity contribution >= 4 is 26.6 Å². The van der Waals surface area contributed by atoms with Gasteiger partial charge >= 0.3 is 11.9 Å². The summed E-state index contributed by atoms with van der Waals surface area (Å²) < 4.78 is 83.7. The van der Waals surface area contributed by atoms with Crippen molar-refractivity contribution in [3.63, 3.8) is 0 Å². The average Bonchev–Trinajstić information content (AvgIpc) is 3.83. The van der Waals surface area contributed by atoms with Crippen molar-refractivity contribution in [1.29, 1.82) is 0 Å².